The van der Waals surface area contributed by atoms with Crippen molar-refractivity contribution < 1.29 is 13.5 Å². The molecule has 0 fully saturated rings. The van der Waals surface area contributed by atoms with Gasteiger partial charge in [-0.25, -0.2) is 0 Å². The summed E-state index contributed by atoms with van der Waals surface area (Å²) >= 11 is 9.30. The highest BCUT2D eigenvalue weighted by atomic mass is 79.9. The van der Waals surface area contributed by atoms with Gasteiger partial charge in [-0.1, -0.05) is 27.5 Å². The number of aryl methyl sites for hydroxylation is 1. The van der Waals surface area contributed by atoms with E-state index < -0.39 is 6.61 Å². The first-order valence-electron chi connectivity index (χ1n) is 6.19. The van der Waals surface area contributed by atoms with Gasteiger partial charge in [0, 0.05) is 27.3 Å². The molecule has 0 radical (unpaired) electrons. The van der Waals surface area contributed by atoms with Crippen LogP contribution in [0.15, 0.2) is 40.9 Å². The number of hydrogen-bond acceptors (Lipinski definition) is 2. The van der Waals surface area contributed by atoms with E-state index in [9.17, 15) is 8.78 Å². The molecule has 2 aromatic rings. The molecular weight excluding hydrogens is 364 g/mol. The smallest absolute Gasteiger partial charge is 0.387 e. The Hall–Kier alpha value is -1.33. The van der Waals surface area contributed by atoms with Crippen molar-refractivity contribution in [3.63, 3.8) is 0 Å². The third kappa shape index (κ3) is 4.58. The van der Waals surface area contributed by atoms with E-state index in [0.717, 1.165) is 15.7 Å². The molecule has 0 bridgehead atoms. The number of rotatable bonds is 5. The van der Waals surface area contributed by atoms with Crippen molar-refractivity contribution in [1.29, 1.82) is 0 Å². The maximum absolute atomic E-state index is 12.4. The average molecular weight is 377 g/mol. The molecule has 0 unspecified atom stereocenters. The number of nitrogens with one attached hydrogen (secondary N) is 1. The zero-order valence-electron chi connectivity index (χ0n) is 11.2. The van der Waals surface area contributed by atoms with E-state index in [1.807, 2.05) is 25.1 Å². The zero-order valence-corrected chi connectivity index (χ0v) is 13.5. The van der Waals surface area contributed by atoms with E-state index in [1.54, 1.807) is 6.07 Å². The molecule has 21 heavy (non-hydrogen) atoms. The summed E-state index contributed by atoms with van der Waals surface area (Å²) in [6.07, 6.45) is 0. The minimum absolute atomic E-state index is 0.122. The first-order chi connectivity index (χ1) is 9.95. The van der Waals surface area contributed by atoms with E-state index in [2.05, 4.69) is 26.0 Å². The van der Waals surface area contributed by atoms with Gasteiger partial charge < -0.3 is 10.1 Å². The molecule has 0 heterocycles. The summed E-state index contributed by atoms with van der Waals surface area (Å²) < 4.78 is 30.3. The molecule has 112 valence electrons. The first kappa shape index (κ1) is 16.0. The normalized spacial score (nSPS) is 10.8. The predicted molar refractivity (Wildman–Crippen MR) is 84.3 cm³/mol. The van der Waals surface area contributed by atoms with Crippen molar-refractivity contribution >= 4 is 33.2 Å². The second kappa shape index (κ2) is 7.09. The highest BCUT2D eigenvalue weighted by Crippen LogP contribution is 2.26. The Morgan fingerprint density at radius 3 is 2.67 bits per heavy atom. The third-order valence-corrected chi connectivity index (χ3v) is 3.62. The van der Waals surface area contributed by atoms with Crippen LogP contribution in [0.4, 0.5) is 14.5 Å². The summed E-state index contributed by atoms with van der Waals surface area (Å²) in [5, 5.41) is 3.67. The Morgan fingerprint density at radius 1 is 1.24 bits per heavy atom. The summed E-state index contributed by atoms with van der Waals surface area (Å²) in [5.41, 5.74) is 2.54. The van der Waals surface area contributed by atoms with Crippen LogP contribution in [0.1, 0.15) is 11.1 Å². The maximum Gasteiger partial charge on any atom is 0.387 e. The van der Waals surface area contributed by atoms with Crippen molar-refractivity contribution in [2.75, 3.05) is 5.32 Å². The minimum Gasteiger partial charge on any atom is -0.434 e. The lowest BCUT2D eigenvalue weighted by molar-refractivity contribution is -0.0504. The largest absolute Gasteiger partial charge is 0.434 e. The molecule has 0 saturated carbocycles. The predicted octanol–water partition coefficient (Wildman–Crippen LogP) is 5.62. The standard InChI is InChI=1S/C15H13BrClF2NO/c1-9-6-11(16)2-4-13(9)20-8-10-7-12(17)3-5-14(10)21-15(18)19/h2-7,15,20H,8H2,1H3. The summed E-state index contributed by atoms with van der Waals surface area (Å²) in [6, 6.07) is 10.4. The maximum atomic E-state index is 12.4. The molecule has 2 nitrogen and oxygen atoms in total. The molecule has 0 amide bonds. The molecule has 0 aliphatic carbocycles. The van der Waals surface area contributed by atoms with Crippen molar-refractivity contribution in [2.24, 2.45) is 0 Å². The van der Waals surface area contributed by atoms with Gasteiger partial charge in [-0.15, -0.1) is 0 Å². The number of halogens is 4. The Balaban J connectivity index is 2.16. The Bertz CT molecular complexity index is 637. The Labute approximate surface area is 135 Å². The van der Waals surface area contributed by atoms with E-state index >= 15 is 0 Å². The molecule has 0 spiro atoms. The van der Waals surface area contributed by atoms with Crippen molar-refractivity contribution in [3.05, 3.63) is 57.0 Å². The number of anilines is 1. The molecule has 0 aromatic heterocycles. The number of ether oxygens (including phenoxy) is 1. The van der Waals surface area contributed by atoms with Gasteiger partial charge in [0.2, 0.25) is 0 Å². The molecule has 0 saturated heterocycles. The van der Waals surface area contributed by atoms with Crippen molar-refractivity contribution in [2.45, 2.75) is 20.1 Å². The number of benzene rings is 2. The molecule has 2 aromatic carbocycles. The second-order valence-electron chi connectivity index (χ2n) is 4.44. The van der Waals surface area contributed by atoms with Gasteiger partial charge in [-0.05, 0) is 48.9 Å². The number of alkyl halides is 2. The first-order valence-corrected chi connectivity index (χ1v) is 7.36. The summed E-state index contributed by atoms with van der Waals surface area (Å²) in [7, 11) is 0. The van der Waals surface area contributed by atoms with Gasteiger partial charge in [0.1, 0.15) is 5.75 Å². The van der Waals surface area contributed by atoms with Crippen LogP contribution >= 0.6 is 27.5 Å². The molecule has 0 atom stereocenters. The third-order valence-electron chi connectivity index (χ3n) is 2.90. The van der Waals surface area contributed by atoms with Crippen LogP contribution in [0.25, 0.3) is 0 Å². The number of hydrogen-bond donors (Lipinski definition) is 1. The lowest BCUT2D eigenvalue weighted by Crippen LogP contribution is -2.07. The van der Waals surface area contributed by atoms with Crippen LogP contribution < -0.4 is 10.1 Å². The quantitative estimate of drug-likeness (QED) is 0.731. The summed E-state index contributed by atoms with van der Waals surface area (Å²) in [4.78, 5) is 0. The molecule has 0 aliphatic heterocycles. The van der Waals surface area contributed by atoms with Crippen molar-refractivity contribution in [3.8, 4) is 5.75 Å². The van der Waals surface area contributed by atoms with Crippen LogP contribution in [0, 0.1) is 6.92 Å². The van der Waals surface area contributed by atoms with Gasteiger partial charge in [-0.2, -0.15) is 8.78 Å². The fraction of sp³-hybridized carbons (Fsp3) is 0.200. The van der Waals surface area contributed by atoms with E-state index in [-0.39, 0.29) is 5.75 Å². The summed E-state index contributed by atoms with van der Waals surface area (Å²) in [5.74, 6) is 0.122. The molecule has 6 heteroatoms. The van der Waals surface area contributed by atoms with Gasteiger partial charge in [-0.3, -0.25) is 0 Å². The lowest BCUT2D eigenvalue weighted by atomic mass is 10.1. The minimum atomic E-state index is -2.86. The SMILES string of the molecule is Cc1cc(Br)ccc1NCc1cc(Cl)ccc1OC(F)F. The zero-order chi connectivity index (χ0) is 15.4. The molecule has 1 N–H and O–H groups in total. The average Bonchev–Trinajstić information content (AvgIpc) is 2.40. The van der Waals surface area contributed by atoms with E-state index in [1.165, 1.54) is 12.1 Å². The van der Waals surface area contributed by atoms with Crippen LogP contribution in [-0.2, 0) is 6.54 Å². The van der Waals surface area contributed by atoms with Gasteiger partial charge in [0.05, 0.1) is 0 Å². The summed E-state index contributed by atoms with van der Waals surface area (Å²) in [6.45, 7) is -0.563. The molecule has 2 rings (SSSR count). The Morgan fingerprint density at radius 2 is 2.00 bits per heavy atom. The van der Waals surface area contributed by atoms with Gasteiger partial charge >= 0.3 is 6.61 Å². The fourth-order valence-electron chi connectivity index (χ4n) is 1.91. The highest BCUT2D eigenvalue weighted by Gasteiger charge is 2.10. The van der Waals surface area contributed by atoms with Gasteiger partial charge in [0.25, 0.3) is 0 Å². The van der Waals surface area contributed by atoms with Gasteiger partial charge in [0.15, 0.2) is 0 Å². The molecule has 0 aliphatic rings. The van der Waals surface area contributed by atoms with Crippen molar-refractivity contribution in [1.82, 2.24) is 0 Å². The lowest BCUT2D eigenvalue weighted by Gasteiger charge is -2.14. The monoisotopic (exact) mass is 375 g/mol. The second-order valence-corrected chi connectivity index (χ2v) is 5.80. The van der Waals surface area contributed by atoms with Crippen LogP contribution in [0.3, 0.4) is 0 Å². The van der Waals surface area contributed by atoms with Crippen LogP contribution in [0.5, 0.6) is 5.75 Å². The molecular formula is C15H13BrClF2NO. The van der Waals surface area contributed by atoms with E-state index in [0.29, 0.717) is 17.1 Å². The van der Waals surface area contributed by atoms with E-state index in [4.69, 9.17) is 11.6 Å². The topological polar surface area (TPSA) is 21.3 Å². The highest BCUT2D eigenvalue weighted by molar-refractivity contribution is 9.10. The Kier molecular flexibility index (Phi) is 5.42. The fourth-order valence-corrected chi connectivity index (χ4v) is 2.58. The van der Waals surface area contributed by atoms with Crippen LogP contribution in [-0.4, -0.2) is 6.61 Å². The van der Waals surface area contributed by atoms with Crippen LogP contribution in [0.2, 0.25) is 5.02 Å².